The molecule has 4 rings (SSSR count). The highest BCUT2D eigenvalue weighted by atomic mass is 16.2. The summed E-state index contributed by atoms with van der Waals surface area (Å²) in [6.45, 7) is 0.435. The highest BCUT2D eigenvalue weighted by molar-refractivity contribution is 6.03. The van der Waals surface area contributed by atoms with Crippen molar-refractivity contribution in [1.82, 2.24) is 20.9 Å². The smallest absolute Gasteiger partial charge is 0.253 e. The lowest BCUT2D eigenvalue weighted by Crippen LogP contribution is -2.34. The molecule has 1 fully saturated rings. The third-order valence-corrected chi connectivity index (χ3v) is 4.80. The quantitative estimate of drug-likeness (QED) is 0.363. The highest BCUT2D eigenvalue weighted by Crippen LogP contribution is 2.29. The van der Waals surface area contributed by atoms with E-state index in [1.165, 1.54) is 6.21 Å². The van der Waals surface area contributed by atoms with Gasteiger partial charge in [0.25, 0.3) is 5.91 Å². The first-order valence-corrected chi connectivity index (χ1v) is 8.98. The van der Waals surface area contributed by atoms with Crippen molar-refractivity contribution in [3.8, 4) is 11.3 Å². The van der Waals surface area contributed by atoms with Crippen LogP contribution in [0.25, 0.3) is 11.3 Å². The van der Waals surface area contributed by atoms with Gasteiger partial charge in [0.05, 0.1) is 18.1 Å². The molecular formula is C21H19N5O2. The average Bonchev–Trinajstić information content (AvgIpc) is 3.36. The zero-order valence-corrected chi connectivity index (χ0v) is 15.0. The lowest BCUT2D eigenvalue weighted by Gasteiger charge is -2.15. The van der Waals surface area contributed by atoms with Crippen molar-refractivity contribution in [2.45, 2.75) is 5.92 Å². The number of carbonyl (C=O) groups is 2. The monoisotopic (exact) mass is 373 g/mol. The first-order chi connectivity index (χ1) is 13.7. The van der Waals surface area contributed by atoms with E-state index >= 15 is 0 Å². The highest BCUT2D eigenvalue weighted by Gasteiger charge is 2.40. The van der Waals surface area contributed by atoms with Gasteiger partial charge in [-0.3, -0.25) is 14.7 Å². The third kappa shape index (κ3) is 3.55. The van der Waals surface area contributed by atoms with Gasteiger partial charge < -0.3 is 5.32 Å². The molecule has 7 heteroatoms. The van der Waals surface area contributed by atoms with Crippen LogP contribution in [0.15, 0.2) is 72.0 Å². The van der Waals surface area contributed by atoms with Crippen molar-refractivity contribution in [2.75, 3.05) is 6.54 Å². The summed E-state index contributed by atoms with van der Waals surface area (Å²) in [4.78, 5) is 24.8. The van der Waals surface area contributed by atoms with Gasteiger partial charge >= 0.3 is 0 Å². The zero-order valence-electron chi connectivity index (χ0n) is 15.0. The fraction of sp³-hybridized carbons (Fsp3) is 0.143. The number of hydrazone groups is 1. The van der Waals surface area contributed by atoms with Gasteiger partial charge in [-0.1, -0.05) is 60.7 Å². The Bertz CT molecular complexity index is 998. The maximum Gasteiger partial charge on any atom is 0.253 e. The van der Waals surface area contributed by atoms with E-state index in [-0.39, 0.29) is 11.8 Å². The fourth-order valence-corrected chi connectivity index (χ4v) is 3.40. The van der Waals surface area contributed by atoms with Gasteiger partial charge in [-0.05, 0) is 5.56 Å². The van der Waals surface area contributed by atoms with E-state index in [1.54, 1.807) is 6.20 Å². The van der Waals surface area contributed by atoms with Crippen LogP contribution in [0.3, 0.4) is 0 Å². The first kappa shape index (κ1) is 17.7. The molecule has 1 aliphatic heterocycles. The largest absolute Gasteiger partial charge is 0.355 e. The lowest BCUT2D eigenvalue weighted by molar-refractivity contribution is -0.133. The number of nitrogens with zero attached hydrogens (tertiary/aromatic N) is 2. The normalized spacial score (nSPS) is 18.9. The maximum absolute atomic E-state index is 12.6. The van der Waals surface area contributed by atoms with E-state index in [0.717, 1.165) is 22.4 Å². The summed E-state index contributed by atoms with van der Waals surface area (Å²) >= 11 is 0. The van der Waals surface area contributed by atoms with Crippen molar-refractivity contribution in [2.24, 2.45) is 11.0 Å². The molecule has 3 N–H and O–H groups in total. The summed E-state index contributed by atoms with van der Waals surface area (Å²) in [5, 5.41) is 13.8. The number of H-pyrrole nitrogens is 1. The Balaban J connectivity index is 1.47. The number of rotatable bonds is 5. The Hall–Kier alpha value is -3.74. The summed E-state index contributed by atoms with van der Waals surface area (Å²) in [5.74, 6) is -1.73. The lowest BCUT2D eigenvalue weighted by atomic mass is 9.88. The maximum atomic E-state index is 12.6. The van der Waals surface area contributed by atoms with Crippen LogP contribution < -0.4 is 10.7 Å². The summed E-state index contributed by atoms with van der Waals surface area (Å²) < 4.78 is 0. The summed E-state index contributed by atoms with van der Waals surface area (Å²) in [6, 6.07) is 19.3. The Kier molecular flexibility index (Phi) is 4.97. The van der Waals surface area contributed by atoms with Crippen molar-refractivity contribution < 1.29 is 9.59 Å². The fourth-order valence-electron chi connectivity index (χ4n) is 3.40. The SMILES string of the molecule is O=C1NC[C@@H](c2ccccc2)[C@H]1C(=O)N/N=C/c1cn[nH]c1-c1ccccc1. The standard InChI is InChI=1S/C21H19N5O2/c27-20-18(17(13-22-20)14-7-3-1-4-8-14)21(28)26-24-12-16-11-23-25-19(16)15-9-5-2-6-10-15/h1-12,17-18H,13H2,(H,22,27)(H,23,25)(H,26,28)/b24-12+/t17-,18+/m0/s1. The number of hydrogen-bond acceptors (Lipinski definition) is 4. The van der Waals surface area contributed by atoms with Crippen LogP contribution >= 0.6 is 0 Å². The summed E-state index contributed by atoms with van der Waals surface area (Å²) in [6.07, 6.45) is 3.15. The van der Waals surface area contributed by atoms with Gasteiger partial charge in [-0.15, -0.1) is 0 Å². The predicted molar refractivity (Wildman–Crippen MR) is 105 cm³/mol. The van der Waals surface area contributed by atoms with Gasteiger partial charge in [-0.25, -0.2) is 5.43 Å². The molecule has 1 aliphatic rings. The van der Waals surface area contributed by atoms with Gasteiger partial charge in [0.15, 0.2) is 0 Å². The van der Waals surface area contributed by atoms with Gasteiger partial charge in [0.1, 0.15) is 5.92 Å². The Morgan fingerprint density at radius 1 is 1.11 bits per heavy atom. The van der Waals surface area contributed by atoms with Crippen LogP contribution in [0.4, 0.5) is 0 Å². The van der Waals surface area contributed by atoms with E-state index in [9.17, 15) is 9.59 Å². The summed E-state index contributed by atoms with van der Waals surface area (Å²) in [7, 11) is 0. The number of nitrogens with one attached hydrogen (secondary N) is 3. The molecule has 2 aromatic carbocycles. The van der Waals surface area contributed by atoms with Gasteiger partial charge in [0.2, 0.25) is 5.91 Å². The molecule has 0 spiro atoms. The molecule has 140 valence electrons. The molecule has 0 bridgehead atoms. The molecule has 0 saturated carbocycles. The van der Waals surface area contributed by atoms with Gasteiger partial charge in [-0.2, -0.15) is 10.2 Å². The summed E-state index contributed by atoms with van der Waals surface area (Å²) in [5.41, 5.74) is 5.96. The van der Waals surface area contributed by atoms with Crippen LogP contribution in [0.5, 0.6) is 0 Å². The number of hydrogen-bond donors (Lipinski definition) is 3. The van der Waals surface area contributed by atoms with Gasteiger partial charge in [0, 0.05) is 23.6 Å². The predicted octanol–water partition coefficient (Wildman–Crippen LogP) is 2.06. The van der Waals surface area contributed by atoms with E-state index in [2.05, 4.69) is 26.0 Å². The van der Waals surface area contributed by atoms with Crippen LogP contribution in [-0.4, -0.2) is 34.8 Å². The number of benzene rings is 2. The molecule has 2 amide bonds. The number of carbonyl (C=O) groups excluding carboxylic acids is 2. The minimum atomic E-state index is -0.808. The van der Waals surface area contributed by atoms with Crippen molar-refractivity contribution >= 4 is 18.0 Å². The molecule has 0 aliphatic carbocycles. The molecule has 2 heterocycles. The molecule has 0 unspecified atom stereocenters. The Morgan fingerprint density at radius 3 is 2.57 bits per heavy atom. The van der Waals surface area contributed by atoms with Crippen LogP contribution in [0, 0.1) is 5.92 Å². The molecule has 3 aromatic rings. The number of amides is 2. The van der Waals surface area contributed by atoms with Crippen molar-refractivity contribution in [1.29, 1.82) is 0 Å². The van der Waals surface area contributed by atoms with Crippen LogP contribution in [-0.2, 0) is 9.59 Å². The molecular weight excluding hydrogens is 354 g/mol. The molecule has 7 nitrogen and oxygen atoms in total. The van der Waals surface area contributed by atoms with Crippen LogP contribution in [0.1, 0.15) is 17.0 Å². The number of aromatic amines is 1. The molecule has 2 atom stereocenters. The minimum absolute atomic E-state index is 0.210. The van der Waals surface area contributed by atoms with Crippen molar-refractivity contribution in [3.63, 3.8) is 0 Å². The first-order valence-electron chi connectivity index (χ1n) is 8.98. The van der Waals surface area contributed by atoms with Crippen LogP contribution in [0.2, 0.25) is 0 Å². The van der Waals surface area contributed by atoms with E-state index in [1.807, 2.05) is 60.7 Å². The molecule has 28 heavy (non-hydrogen) atoms. The second-order valence-electron chi connectivity index (χ2n) is 6.54. The van der Waals surface area contributed by atoms with Crippen molar-refractivity contribution in [3.05, 3.63) is 78.0 Å². The zero-order chi connectivity index (χ0) is 19.3. The van der Waals surface area contributed by atoms with E-state index in [4.69, 9.17) is 0 Å². The second kappa shape index (κ2) is 7.87. The average molecular weight is 373 g/mol. The minimum Gasteiger partial charge on any atom is -0.355 e. The second-order valence-corrected chi connectivity index (χ2v) is 6.54. The molecule has 1 saturated heterocycles. The topological polar surface area (TPSA) is 99.2 Å². The van der Waals surface area contributed by atoms with E-state index in [0.29, 0.717) is 6.54 Å². The molecule has 0 radical (unpaired) electrons. The Labute approximate surface area is 161 Å². The number of aromatic nitrogens is 2. The Morgan fingerprint density at radius 2 is 1.82 bits per heavy atom. The van der Waals surface area contributed by atoms with E-state index < -0.39 is 11.8 Å². The third-order valence-electron chi connectivity index (χ3n) is 4.80. The molecule has 1 aromatic heterocycles.